The Balaban J connectivity index is 1.65. The fraction of sp³-hybridized carbons (Fsp3) is 0.375. The number of aromatic nitrogens is 2. The number of nitrogens with one attached hydrogen (secondary N) is 1. The van der Waals surface area contributed by atoms with Crippen LogP contribution in [0.25, 0.3) is 11.1 Å². The number of amides is 1. The average Bonchev–Trinajstić information content (AvgIpc) is 3.44. The lowest BCUT2D eigenvalue weighted by Gasteiger charge is -2.27. The number of benzene rings is 2. The quantitative estimate of drug-likeness (QED) is 0.620. The van der Waals surface area contributed by atoms with Gasteiger partial charge in [0.15, 0.2) is 5.82 Å². The van der Waals surface area contributed by atoms with Crippen molar-refractivity contribution in [2.45, 2.75) is 51.0 Å². The molecule has 3 aromatic rings. The highest BCUT2D eigenvalue weighted by atomic mass is 16.5. The molecular formula is C24H27N3O3. The first-order valence-electron chi connectivity index (χ1n) is 10.4. The lowest BCUT2D eigenvalue weighted by Crippen LogP contribution is -2.44. The summed E-state index contributed by atoms with van der Waals surface area (Å²) in [6, 6.07) is 15.4. The Morgan fingerprint density at radius 3 is 2.50 bits per heavy atom. The molecule has 1 aliphatic rings. The number of carbonyl (C=O) groups is 1. The van der Waals surface area contributed by atoms with E-state index in [1.165, 1.54) is 0 Å². The standard InChI is InChI=1S/C24H27N3O3/c1-16(2)22-25-23(27-30-22)24(13-7-8-14-24)26-21(28)18-11-12-20(29-3)19(15-18)17-9-5-4-6-10-17/h4-6,9-12,15-16H,7-8,13-14H2,1-3H3,(H,26,28). The van der Waals surface area contributed by atoms with Gasteiger partial charge < -0.3 is 14.6 Å². The maximum absolute atomic E-state index is 13.3. The number of ether oxygens (including phenoxy) is 1. The van der Waals surface area contributed by atoms with E-state index < -0.39 is 5.54 Å². The summed E-state index contributed by atoms with van der Waals surface area (Å²) in [5, 5.41) is 7.44. The Labute approximate surface area is 176 Å². The molecule has 1 amide bonds. The van der Waals surface area contributed by atoms with Crippen molar-refractivity contribution in [1.29, 1.82) is 0 Å². The van der Waals surface area contributed by atoms with Gasteiger partial charge in [-0.15, -0.1) is 0 Å². The van der Waals surface area contributed by atoms with Gasteiger partial charge in [-0.25, -0.2) is 0 Å². The molecule has 30 heavy (non-hydrogen) atoms. The lowest BCUT2D eigenvalue weighted by atomic mass is 9.95. The summed E-state index contributed by atoms with van der Waals surface area (Å²) in [7, 11) is 1.64. The van der Waals surface area contributed by atoms with Gasteiger partial charge in [-0.2, -0.15) is 4.98 Å². The molecule has 4 rings (SSSR count). The van der Waals surface area contributed by atoms with Gasteiger partial charge in [0.05, 0.1) is 7.11 Å². The average molecular weight is 405 g/mol. The van der Waals surface area contributed by atoms with Gasteiger partial charge in [0, 0.05) is 17.0 Å². The molecule has 1 saturated carbocycles. The second-order valence-corrected chi connectivity index (χ2v) is 8.14. The highest BCUT2D eigenvalue weighted by Gasteiger charge is 2.41. The highest BCUT2D eigenvalue weighted by molar-refractivity contribution is 5.96. The molecule has 1 N–H and O–H groups in total. The van der Waals surface area contributed by atoms with Gasteiger partial charge in [-0.1, -0.05) is 62.2 Å². The van der Waals surface area contributed by atoms with Crippen molar-refractivity contribution in [2.75, 3.05) is 7.11 Å². The Kier molecular flexibility index (Phi) is 5.57. The van der Waals surface area contributed by atoms with E-state index in [1.54, 1.807) is 13.2 Å². The first-order chi connectivity index (χ1) is 14.5. The zero-order chi connectivity index (χ0) is 21.1. The molecule has 1 fully saturated rings. The number of carbonyl (C=O) groups excluding carboxylic acids is 1. The van der Waals surface area contributed by atoms with Gasteiger partial charge in [-0.05, 0) is 36.6 Å². The molecule has 2 aromatic carbocycles. The van der Waals surface area contributed by atoms with E-state index in [0.29, 0.717) is 17.3 Å². The maximum Gasteiger partial charge on any atom is 0.252 e. The minimum absolute atomic E-state index is 0.146. The first-order valence-corrected chi connectivity index (χ1v) is 10.4. The van der Waals surface area contributed by atoms with Crippen LogP contribution in [-0.2, 0) is 5.54 Å². The molecule has 1 aromatic heterocycles. The molecule has 0 aliphatic heterocycles. The van der Waals surface area contributed by atoms with Gasteiger partial charge in [0.2, 0.25) is 5.89 Å². The van der Waals surface area contributed by atoms with Crippen molar-refractivity contribution in [3.8, 4) is 16.9 Å². The summed E-state index contributed by atoms with van der Waals surface area (Å²) in [4.78, 5) is 17.9. The zero-order valence-corrected chi connectivity index (χ0v) is 17.6. The van der Waals surface area contributed by atoms with Crippen LogP contribution in [0, 0.1) is 0 Å². The zero-order valence-electron chi connectivity index (χ0n) is 17.6. The molecule has 156 valence electrons. The van der Waals surface area contributed by atoms with Crippen molar-refractivity contribution in [1.82, 2.24) is 15.5 Å². The number of hydrogen-bond donors (Lipinski definition) is 1. The molecule has 0 spiro atoms. The molecule has 0 atom stereocenters. The van der Waals surface area contributed by atoms with Crippen LogP contribution in [0.4, 0.5) is 0 Å². The molecular weight excluding hydrogens is 378 g/mol. The van der Waals surface area contributed by atoms with E-state index in [2.05, 4.69) is 15.5 Å². The topological polar surface area (TPSA) is 77.2 Å². The van der Waals surface area contributed by atoms with E-state index in [1.807, 2.05) is 56.3 Å². The summed E-state index contributed by atoms with van der Waals surface area (Å²) in [5.74, 6) is 1.91. The van der Waals surface area contributed by atoms with Crippen molar-refractivity contribution in [3.63, 3.8) is 0 Å². The Hall–Kier alpha value is -3.15. The van der Waals surface area contributed by atoms with Gasteiger partial charge in [0.1, 0.15) is 11.3 Å². The maximum atomic E-state index is 13.3. The van der Waals surface area contributed by atoms with Crippen LogP contribution >= 0.6 is 0 Å². The minimum Gasteiger partial charge on any atom is -0.496 e. The summed E-state index contributed by atoms with van der Waals surface area (Å²) in [6.45, 7) is 4.03. The predicted molar refractivity (Wildman–Crippen MR) is 114 cm³/mol. The van der Waals surface area contributed by atoms with E-state index in [4.69, 9.17) is 9.26 Å². The van der Waals surface area contributed by atoms with E-state index >= 15 is 0 Å². The van der Waals surface area contributed by atoms with Crippen LogP contribution in [0.5, 0.6) is 5.75 Å². The van der Waals surface area contributed by atoms with Gasteiger partial charge in [0.25, 0.3) is 5.91 Å². The first kappa shape index (κ1) is 20.1. The largest absolute Gasteiger partial charge is 0.496 e. The van der Waals surface area contributed by atoms with Gasteiger partial charge in [-0.3, -0.25) is 4.79 Å². The number of nitrogens with zero attached hydrogens (tertiary/aromatic N) is 2. The van der Waals surface area contributed by atoms with Crippen molar-refractivity contribution in [3.05, 3.63) is 65.8 Å². The number of rotatable bonds is 6. The third-order valence-corrected chi connectivity index (χ3v) is 5.72. The predicted octanol–water partition coefficient (Wildman–Crippen LogP) is 5.07. The van der Waals surface area contributed by atoms with Crippen LogP contribution in [0.1, 0.15) is 67.5 Å². The summed E-state index contributed by atoms with van der Waals surface area (Å²) >= 11 is 0. The van der Waals surface area contributed by atoms with Crippen molar-refractivity contribution < 1.29 is 14.1 Å². The summed E-state index contributed by atoms with van der Waals surface area (Å²) in [5.41, 5.74) is 1.88. The Morgan fingerprint density at radius 1 is 1.13 bits per heavy atom. The van der Waals surface area contributed by atoms with Crippen molar-refractivity contribution >= 4 is 5.91 Å². The fourth-order valence-corrected chi connectivity index (χ4v) is 4.03. The van der Waals surface area contributed by atoms with E-state index in [9.17, 15) is 4.79 Å². The second-order valence-electron chi connectivity index (χ2n) is 8.14. The van der Waals surface area contributed by atoms with Gasteiger partial charge >= 0.3 is 0 Å². The van der Waals surface area contributed by atoms with Crippen LogP contribution in [0.15, 0.2) is 53.1 Å². The third-order valence-electron chi connectivity index (χ3n) is 5.72. The number of hydrogen-bond acceptors (Lipinski definition) is 5. The summed E-state index contributed by atoms with van der Waals surface area (Å²) < 4.78 is 10.9. The summed E-state index contributed by atoms with van der Waals surface area (Å²) in [6.07, 6.45) is 3.64. The minimum atomic E-state index is -0.583. The highest BCUT2D eigenvalue weighted by Crippen LogP contribution is 2.38. The monoisotopic (exact) mass is 405 g/mol. The molecule has 0 unspecified atom stereocenters. The normalized spacial score (nSPS) is 15.3. The molecule has 6 heteroatoms. The lowest BCUT2D eigenvalue weighted by molar-refractivity contribution is 0.0892. The molecule has 0 radical (unpaired) electrons. The second kappa shape index (κ2) is 8.30. The fourth-order valence-electron chi connectivity index (χ4n) is 4.03. The van der Waals surface area contributed by atoms with Crippen LogP contribution < -0.4 is 10.1 Å². The Morgan fingerprint density at radius 2 is 1.87 bits per heavy atom. The number of methoxy groups -OCH3 is 1. The van der Waals surface area contributed by atoms with Crippen LogP contribution in [0.3, 0.4) is 0 Å². The molecule has 0 saturated heterocycles. The molecule has 1 heterocycles. The van der Waals surface area contributed by atoms with Crippen LogP contribution in [0.2, 0.25) is 0 Å². The van der Waals surface area contributed by atoms with E-state index in [-0.39, 0.29) is 11.8 Å². The smallest absolute Gasteiger partial charge is 0.252 e. The molecule has 0 bridgehead atoms. The van der Waals surface area contributed by atoms with E-state index in [0.717, 1.165) is 42.6 Å². The SMILES string of the molecule is COc1ccc(C(=O)NC2(c3noc(C(C)C)n3)CCCC2)cc1-c1ccccc1. The van der Waals surface area contributed by atoms with Crippen molar-refractivity contribution in [2.24, 2.45) is 0 Å². The van der Waals surface area contributed by atoms with Crippen LogP contribution in [-0.4, -0.2) is 23.2 Å². The Bertz CT molecular complexity index is 1020. The molecule has 1 aliphatic carbocycles. The third kappa shape index (κ3) is 3.82. The molecule has 6 nitrogen and oxygen atoms in total.